The second kappa shape index (κ2) is 4.76. The van der Waals surface area contributed by atoms with Crippen LogP contribution in [0.1, 0.15) is 24.2 Å². The maximum atomic E-state index is 6.10. The average Bonchev–Trinajstić information content (AvgIpc) is 2.72. The first-order chi connectivity index (χ1) is 7.99. The predicted octanol–water partition coefficient (Wildman–Crippen LogP) is 3.01. The van der Waals surface area contributed by atoms with Crippen molar-refractivity contribution in [2.45, 2.75) is 19.9 Å². The summed E-state index contributed by atoms with van der Waals surface area (Å²) < 4.78 is 2.58. The van der Waals surface area contributed by atoms with E-state index in [2.05, 4.69) is 26.2 Å². The van der Waals surface area contributed by atoms with Gasteiger partial charge in [0.25, 0.3) is 0 Å². The third-order valence-corrected chi connectivity index (χ3v) is 3.49. The third kappa shape index (κ3) is 2.51. The Kier molecular flexibility index (Phi) is 3.51. The molecule has 1 aromatic carbocycles. The number of benzene rings is 1. The smallest absolute Gasteiger partial charge is 0.0995 e. The Morgan fingerprint density at radius 1 is 1.47 bits per heavy atom. The molecule has 0 bridgehead atoms. The van der Waals surface area contributed by atoms with Crippen LogP contribution in [0.4, 0.5) is 0 Å². The van der Waals surface area contributed by atoms with Crippen LogP contribution in [0.2, 0.25) is 5.02 Å². The maximum absolute atomic E-state index is 6.10. The average molecular weight is 316 g/mol. The molecular formula is C11H12BrClN4. The first-order valence-electron chi connectivity index (χ1n) is 5.13. The Hall–Kier alpha value is -0.910. The largest absolute Gasteiger partial charge is 0.323 e. The molecular weight excluding hydrogens is 304 g/mol. The quantitative estimate of drug-likeness (QED) is 0.927. The van der Waals surface area contributed by atoms with Crippen molar-refractivity contribution < 1.29 is 0 Å². The van der Waals surface area contributed by atoms with Crippen LogP contribution >= 0.6 is 27.5 Å². The van der Waals surface area contributed by atoms with Gasteiger partial charge < -0.3 is 5.73 Å². The number of rotatable bonds is 2. The zero-order valence-electron chi connectivity index (χ0n) is 9.48. The summed E-state index contributed by atoms with van der Waals surface area (Å²) in [7, 11) is 0. The van der Waals surface area contributed by atoms with Gasteiger partial charge in [0, 0.05) is 15.5 Å². The van der Waals surface area contributed by atoms with Crippen molar-refractivity contribution in [3.05, 3.63) is 39.1 Å². The molecule has 1 atom stereocenters. The minimum absolute atomic E-state index is 0.136. The van der Waals surface area contributed by atoms with Crippen LogP contribution in [0, 0.1) is 6.92 Å². The highest BCUT2D eigenvalue weighted by atomic mass is 79.9. The summed E-state index contributed by atoms with van der Waals surface area (Å²) in [5, 5.41) is 8.74. The molecule has 0 aliphatic heterocycles. The lowest BCUT2D eigenvalue weighted by Crippen LogP contribution is -2.04. The predicted molar refractivity (Wildman–Crippen MR) is 71.4 cm³/mol. The van der Waals surface area contributed by atoms with Gasteiger partial charge in [-0.25, -0.2) is 4.68 Å². The number of aromatic nitrogens is 3. The Balaban J connectivity index is 2.49. The summed E-state index contributed by atoms with van der Waals surface area (Å²) in [5.41, 5.74) is 8.34. The lowest BCUT2D eigenvalue weighted by atomic mass is 10.2. The molecule has 1 aromatic heterocycles. The van der Waals surface area contributed by atoms with E-state index in [1.165, 1.54) is 0 Å². The van der Waals surface area contributed by atoms with Gasteiger partial charge in [-0.1, -0.05) is 16.8 Å². The molecule has 90 valence electrons. The van der Waals surface area contributed by atoms with Gasteiger partial charge in [-0.2, -0.15) is 0 Å². The second-order valence-electron chi connectivity index (χ2n) is 3.93. The molecule has 1 heterocycles. The van der Waals surface area contributed by atoms with E-state index < -0.39 is 0 Å². The summed E-state index contributed by atoms with van der Waals surface area (Å²) in [6.45, 7) is 3.82. The monoisotopic (exact) mass is 314 g/mol. The first-order valence-corrected chi connectivity index (χ1v) is 6.30. The van der Waals surface area contributed by atoms with Crippen LogP contribution in [0.15, 0.2) is 22.8 Å². The van der Waals surface area contributed by atoms with Crippen molar-refractivity contribution in [1.29, 1.82) is 0 Å². The van der Waals surface area contributed by atoms with Crippen molar-refractivity contribution in [3.63, 3.8) is 0 Å². The van der Waals surface area contributed by atoms with Crippen molar-refractivity contribution in [1.82, 2.24) is 15.0 Å². The zero-order valence-corrected chi connectivity index (χ0v) is 11.8. The summed E-state index contributed by atoms with van der Waals surface area (Å²) in [5.74, 6) is 0. The fourth-order valence-electron chi connectivity index (χ4n) is 1.41. The van der Waals surface area contributed by atoms with E-state index in [0.717, 1.165) is 21.4 Å². The number of hydrogen-bond donors (Lipinski definition) is 1. The zero-order chi connectivity index (χ0) is 12.6. The molecule has 0 saturated carbocycles. The minimum Gasteiger partial charge on any atom is -0.323 e. The molecule has 0 fully saturated rings. The van der Waals surface area contributed by atoms with Crippen LogP contribution in [-0.4, -0.2) is 15.0 Å². The molecule has 0 amide bonds. The molecule has 6 heteroatoms. The Morgan fingerprint density at radius 3 is 2.76 bits per heavy atom. The molecule has 0 aliphatic rings. The van der Waals surface area contributed by atoms with Gasteiger partial charge in [0.2, 0.25) is 0 Å². The lowest BCUT2D eigenvalue weighted by Gasteiger charge is -2.06. The molecule has 0 spiro atoms. The van der Waals surface area contributed by atoms with Gasteiger partial charge in [-0.3, -0.25) is 0 Å². The number of halogens is 2. The van der Waals surface area contributed by atoms with Gasteiger partial charge in [-0.15, -0.1) is 5.10 Å². The van der Waals surface area contributed by atoms with Gasteiger partial charge in [0.15, 0.2) is 0 Å². The van der Waals surface area contributed by atoms with E-state index in [1.54, 1.807) is 10.9 Å². The molecule has 4 nitrogen and oxygen atoms in total. The topological polar surface area (TPSA) is 56.7 Å². The van der Waals surface area contributed by atoms with Gasteiger partial charge >= 0.3 is 0 Å². The molecule has 0 aliphatic carbocycles. The second-order valence-corrected chi connectivity index (χ2v) is 5.19. The van der Waals surface area contributed by atoms with Gasteiger partial charge in [-0.05, 0) is 47.5 Å². The Bertz CT molecular complexity index is 550. The van der Waals surface area contributed by atoms with Crippen LogP contribution in [0.3, 0.4) is 0 Å². The van der Waals surface area contributed by atoms with E-state index in [1.807, 2.05) is 26.0 Å². The van der Waals surface area contributed by atoms with Crippen molar-refractivity contribution in [2.24, 2.45) is 5.73 Å². The summed E-state index contributed by atoms with van der Waals surface area (Å²) >= 11 is 9.58. The van der Waals surface area contributed by atoms with Crippen LogP contribution in [0.5, 0.6) is 0 Å². The molecule has 0 saturated heterocycles. The molecule has 2 N–H and O–H groups in total. The first kappa shape index (κ1) is 12.5. The molecule has 2 rings (SSSR count). The standard InChI is InChI=1S/C11H12BrClN4/c1-6-3-8(12)11(4-9(6)13)17-5-10(7(2)14)15-16-17/h3-5,7H,14H2,1-2H3. The van der Waals surface area contributed by atoms with E-state index in [4.69, 9.17) is 17.3 Å². The molecule has 1 unspecified atom stereocenters. The Labute approximate surface area is 113 Å². The van der Waals surface area contributed by atoms with Crippen molar-refractivity contribution >= 4 is 27.5 Å². The highest BCUT2D eigenvalue weighted by Gasteiger charge is 2.10. The van der Waals surface area contributed by atoms with Crippen molar-refractivity contribution in [3.8, 4) is 5.69 Å². The molecule has 17 heavy (non-hydrogen) atoms. The maximum Gasteiger partial charge on any atom is 0.0995 e. The van der Waals surface area contributed by atoms with Crippen LogP contribution < -0.4 is 5.73 Å². The number of nitrogens with zero attached hydrogens (tertiary/aromatic N) is 3. The highest BCUT2D eigenvalue weighted by Crippen LogP contribution is 2.27. The van der Waals surface area contributed by atoms with Crippen LogP contribution in [0.25, 0.3) is 5.69 Å². The SMILES string of the molecule is Cc1cc(Br)c(-n2cc(C(C)N)nn2)cc1Cl. The summed E-state index contributed by atoms with van der Waals surface area (Å²) in [6, 6.07) is 3.66. The van der Waals surface area contributed by atoms with E-state index in [0.29, 0.717) is 5.02 Å². The number of aryl methyl sites for hydroxylation is 1. The van der Waals surface area contributed by atoms with Crippen LogP contribution in [-0.2, 0) is 0 Å². The Morgan fingerprint density at radius 2 is 2.18 bits per heavy atom. The van der Waals surface area contributed by atoms with Crippen molar-refractivity contribution in [2.75, 3.05) is 0 Å². The molecule has 2 aromatic rings. The fraction of sp³-hybridized carbons (Fsp3) is 0.273. The minimum atomic E-state index is -0.136. The number of hydrogen-bond acceptors (Lipinski definition) is 3. The summed E-state index contributed by atoms with van der Waals surface area (Å²) in [6.07, 6.45) is 1.80. The number of nitrogens with two attached hydrogens (primary N) is 1. The summed E-state index contributed by atoms with van der Waals surface area (Å²) in [4.78, 5) is 0. The van der Waals surface area contributed by atoms with E-state index in [9.17, 15) is 0 Å². The van der Waals surface area contributed by atoms with Gasteiger partial charge in [0.1, 0.15) is 0 Å². The normalized spacial score (nSPS) is 12.8. The highest BCUT2D eigenvalue weighted by molar-refractivity contribution is 9.10. The fourth-order valence-corrected chi connectivity index (χ4v) is 2.21. The third-order valence-electron chi connectivity index (χ3n) is 2.45. The molecule has 0 radical (unpaired) electrons. The lowest BCUT2D eigenvalue weighted by molar-refractivity contribution is 0.756. The van der Waals surface area contributed by atoms with E-state index in [-0.39, 0.29) is 6.04 Å². The van der Waals surface area contributed by atoms with E-state index >= 15 is 0 Å². The van der Waals surface area contributed by atoms with Gasteiger partial charge in [0.05, 0.1) is 17.6 Å².